The van der Waals surface area contributed by atoms with Crippen LogP contribution in [0.2, 0.25) is 0 Å². The van der Waals surface area contributed by atoms with E-state index in [1.807, 2.05) is 0 Å². The van der Waals surface area contributed by atoms with Crippen LogP contribution in [0.25, 0.3) is 0 Å². The largest absolute Gasteiger partial charge is 0.496 e. The van der Waals surface area contributed by atoms with Gasteiger partial charge in [0.25, 0.3) is 5.91 Å². The van der Waals surface area contributed by atoms with E-state index in [1.165, 1.54) is 25.3 Å². The van der Waals surface area contributed by atoms with Crippen LogP contribution in [-0.2, 0) is 0 Å². The molecule has 0 bridgehead atoms. The van der Waals surface area contributed by atoms with Crippen LogP contribution >= 0.6 is 0 Å². The minimum atomic E-state index is -0.484. The summed E-state index contributed by atoms with van der Waals surface area (Å²) in [5, 5.41) is 22.6. The summed E-state index contributed by atoms with van der Waals surface area (Å²) in [4.78, 5) is 12.5. The lowest BCUT2D eigenvalue weighted by molar-refractivity contribution is 0.0230. The number of benzene rings is 1. The van der Waals surface area contributed by atoms with Crippen molar-refractivity contribution in [2.45, 2.75) is 31.9 Å². The summed E-state index contributed by atoms with van der Waals surface area (Å²) >= 11 is 0. The van der Waals surface area contributed by atoms with Crippen molar-refractivity contribution in [1.29, 1.82) is 0 Å². The highest BCUT2D eigenvalue weighted by molar-refractivity contribution is 5.93. The van der Waals surface area contributed by atoms with Gasteiger partial charge in [-0.25, -0.2) is 4.39 Å². The molecular formula is C16H19FN4O3. The number of carbonyl (C=O) groups is 1. The molecule has 1 amide bonds. The van der Waals surface area contributed by atoms with Gasteiger partial charge in [-0.3, -0.25) is 4.79 Å². The summed E-state index contributed by atoms with van der Waals surface area (Å²) in [5.41, 5.74) is 1.21. The second kappa shape index (κ2) is 6.56. The van der Waals surface area contributed by atoms with E-state index in [2.05, 4.69) is 20.7 Å². The highest BCUT2D eigenvalue weighted by atomic mass is 19.1. The molecule has 1 aliphatic carbocycles. The smallest absolute Gasteiger partial charge is 0.274 e. The number of aromatic nitrogens is 3. The predicted octanol–water partition coefficient (Wildman–Crippen LogP) is 1.50. The molecule has 1 aromatic heterocycles. The van der Waals surface area contributed by atoms with Gasteiger partial charge in [0, 0.05) is 5.56 Å². The van der Waals surface area contributed by atoms with Crippen molar-refractivity contribution in [1.82, 2.24) is 20.7 Å². The molecule has 24 heavy (non-hydrogen) atoms. The summed E-state index contributed by atoms with van der Waals surface area (Å²) in [5.74, 6) is -0.340. The molecule has 3 rings (SSSR count). The highest BCUT2D eigenvalue weighted by Crippen LogP contribution is 2.41. The number of ether oxygens (including phenoxy) is 1. The molecule has 2 aromatic rings. The second-order valence-corrected chi connectivity index (χ2v) is 5.98. The maximum atomic E-state index is 13.7. The number of carbonyl (C=O) groups excluding carboxylic acids is 1. The standard InChI is InChI=1S/C16H19FN4O3/c1-8-14(20-21-19-8)16(23)18-15(9-5-11(22)6-9)12-7-10(17)3-4-13(12)24-2/h3-4,7,9,11,15,22H,5-6H2,1-2H3,(H,18,23)(H,19,20,21)/t9?,11?,15-/m1/s1. The monoisotopic (exact) mass is 334 g/mol. The molecule has 0 unspecified atom stereocenters. The fourth-order valence-corrected chi connectivity index (χ4v) is 3.01. The summed E-state index contributed by atoms with van der Waals surface area (Å²) in [7, 11) is 1.49. The Bertz CT molecular complexity index is 743. The number of halogens is 1. The van der Waals surface area contributed by atoms with E-state index in [-0.39, 0.29) is 11.6 Å². The Morgan fingerprint density at radius 3 is 2.79 bits per heavy atom. The molecule has 7 nitrogen and oxygen atoms in total. The number of nitrogens with one attached hydrogen (secondary N) is 2. The number of nitrogens with zero attached hydrogens (tertiary/aromatic N) is 2. The molecule has 3 N–H and O–H groups in total. The van der Waals surface area contributed by atoms with Gasteiger partial charge in [0.05, 0.1) is 24.9 Å². The fourth-order valence-electron chi connectivity index (χ4n) is 3.01. The van der Waals surface area contributed by atoms with Gasteiger partial charge in [-0.15, -0.1) is 0 Å². The van der Waals surface area contributed by atoms with Crippen molar-refractivity contribution in [3.63, 3.8) is 0 Å². The molecule has 1 aromatic carbocycles. The second-order valence-electron chi connectivity index (χ2n) is 5.98. The number of amides is 1. The third kappa shape index (κ3) is 3.09. The van der Waals surface area contributed by atoms with Gasteiger partial charge in [0.15, 0.2) is 5.69 Å². The van der Waals surface area contributed by atoms with Crippen molar-refractivity contribution in [2.24, 2.45) is 5.92 Å². The van der Waals surface area contributed by atoms with Crippen molar-refractivity contribution in [3.8, 4) is 5.75 Å². The number of H-pyrrole nitrogens is 1. The normalized spacial score (nSPS) is 21.0. The van der Waals surface area contributed by atoms with Crippen LogP contribution in [-0.4, -0.2) is 39.6 Å². The zero-order chi connectivity index (χ0) is 17.3. The van der Waals surface area contributed by atoms with E-state index < -0.39 is 23.9 Å². The number of aliphatic hydroxyl groups is 1. The van der Waals surface area contributed by atoms with E-state index in [0.29, 0.717) is 29.8 Å². The Morgan fingerprint density at radius 2 is 2.21 bits per heavy atom. The molecule has 1 atom stereocenters. The molecule has 1 fully saturated rings. The summed E-state index contributed by atoms with van der Waals surface area (Å²) < 4.78 is 19.0. The lowest BCUT2D eigenvalue weighted by Crippen LogP contribution is -2.41. The summed E-state index contributed by atoms with van der Waals surface area (Å²) in [6, 6.07) is 3.70. The van der Waals surface area contributed by atoms with E-state index in [0.717, 1.165) is 0 Å². The maximum absolute atomic E-state index is 13.7. The van der Waals surface area contributed by atoms with Gasteiger partial charge in [0.2, 0.25) is 0 Å². The minimum Gasteiger partial charge on any atom is -0.496 e. The van der Waals surface area contributed by atoms with Gasteiger partial charge in [-0.2, -0.15) is 15.4 Å². The summed E-state index contributed by atoms with van der Waals surface area (Å²) in [6.45, 7) is 1.67. The third-order valence-electron chi connectivity index (χ3n) is 4.37. The average Bonchev–Trinajstić information content (AvgIpc) is 2.96. The quantitative estimate of drug-likeness (QED) is 0.769. The average molecular weight is 334 g/mol. The van der Waals surface area contributed by atoms with Crippen LogP contribution in [0.15, 0.2) is 18.2 Å². The van der Waals surface area contributed by atoms with E-state index in [1.54, 1.807) is 6.92 Å². The molecule has 1 aliphatic rings. The molecule has 1 heterocycles. The SMILES string of the molecule is COc1ccc(F)cc1[C@H](NC(=O)c1n[nH]nc1C)C1CC(O)C1. The predicted molar refractivity (Wildman–Crippen MR) is 83.0 cm³/mol. The number of aromatic amines is 1. The van der Waals surface area contributed by atoms with Gasteiger partial charge in [-0.05, 0) is 43.9 Å². The number of methoxy groups -OCH3 is 1. The lowest BCUT2D eigenvalue weighted by atomic mass is 9.74. The Kier molecular flexibility index (Phi) is 4.48. The van der Waals surface area contributed by atoms with Crippen LogP contribution in [0.4, 0.5) is 4.39 Å². The Labute approximate surface area is 138 Å². The summed E-state index contributed by atoms with van der Waals surface area (Å²) in [6.07, 6.45) is 0.660. The maximum Gasteiger partial charge on any atom is 0.274 e. The number of aryl methyl sites for hydroxylation is 1. The fraction of sp³-hybridized carbons (Fsp3) is 0.438. The molecule has 0 spiro atoms. The first-order valence-corrected chi connectivity index (χ1v) is 7.69. The van der Waals surface area contributed by atoms with Crippen LogP contribution in [0, 0.1) is 18.7 Å². The number of aliphatic hydroxyl groups excluding tert-OH is 1. The minimum absolute atomic E-state index is 0.00754. The van der Waals surface area contributed by atoms with Crippen LogP contribution in [0.5, 0.6) is 5.75 Å². The molecule has 1 saturated carbocycles. The number of rotatable bonds is 5. The van der Waals surface area contributed by atoms with Crippen LogP contribution < -0.4 is 10.1 Å². The van der Waals surface area contributed by atoms with Crippen molar-refractivity contribution >= 4 is 5.91 Å². The van der Waals surface area contributed by atoms with Gasteiger partial charge in [0.1, 0.15) is 11.6 Å². The first-order chi connectivity index (χ1) is 11.5. The van der Waals surface area contributed by atoms with Crippen molar-refractivity contribution in [2.75, 3.05) is 7.11 Å². The molecule has 0 radical (unpaired) electrons. The first kappa shape index (κ1) is 16.4. The van der Waals surface area contributed by atoms with Crippen molar-refractivity contribution < 1.29 is 19.0 Å². The molecular weight excluding hydrogens is 315 g/mol. The Balaban J connectivity index is 1.91. The molecule has 128 valence electrons. The third-order valence-corrected chi connectivity index (χ3v) is 4.37. The van der Waals surface area contributed by atoms with E-state index >= 15 is 0 Å². The van der Waals surface area contributed by atoms with Crippen LogP contribution in [0.1, 0.15) is 40.6 Å². The van der Waals surface area contributed by atoms with E-state index in [4.69, 9.17) is 4.74 Å². The van der Waals surface area contributed by atoms with Crippen LogP contribution in [0.3, 0.4) is 0 Å². The van der Waals surface area contributed by atoms with Crippen molar-refractivity contribution in [3.05, 3.63) is 41.0 Å². The molecule has 0 aliphatic heterocycles. The van der Waals surface area contributed by atoms with Gasteiger partial charge >= 0.3 is 0 Å². The Hall–Kier alpha value is -2.48. The Morgan fingerprint density at radius 1 is 1.46 bits per heavy atom. The highest BCUT2D eigenvalue weighted by Gasteiger charge is 2.37. The van der Waals surface area contributed by atoms with Gasteiger partial charge in [-0.1, -0.05) is 0 Å². The zero-order valence-electron chi connectivity index (χ0n) is 13.4. The topological polar surface area (TPSA) is 100 Å². The van der Waals surface area contributed by atoms with E-state index in [9.17, 15) is 14.3 Å². The molecule has 0 saturated heterocycles. The lowest BCUT2D eigenvalue weighted by Gasteiger charge is -2.38. The zero-order valence-corrected chi connectivity index (χ0v) is 13.4. The number of hydrogen-bond acceptors (Lipinski definition) is 5. The molecule has 8 heteroatoms. The first-order valence-electron chi connectivity index (χ1n) is 7.69. The van der Waals surface area contributed by atoms with Gasteiger partial charge < -0.3 is 15.2 Å². The number of hydrogen-bond donors (Lipinski definition) is 3.